The van der Waals surface area contributed by atoms with E-state index in [1.807, 2.05) is 24.3 Å². The van der Waals surface area contributed by atoms with E-state index >= 15 is 0 Å². The Morgan fingerprint density at radius 3 is 2.50 bits per heavy atom. The topological polar surface area (TPSA) is 59.8 Å². The van der Waals surface area contributed by atoms with Crippen molar-refractivity contribution >= 4 is 51.7 Å². The second kappa shape index (κ2) is 6.59. The number of hydrogen-bond acceptors (Lipinski definition) is 3. The van der Waals surface area contributed by atoms with E-state index in [9.17, 15) is 4.79 Å². The van der Waals surface area contributed by atoms with E-state index in [0.29, 0.717) is 21.6 Å². The summed E-state index contributed by atoms with van der Waals surface area (Å²) in [5, 5.41) is 11.5. The predicted octanol–water partition coefficient (Wildman–Crippen LogP) is 4.21. The highest BCUT2D eigenvalue weighted by molar-refractivity contribution is 6.48. The Kier molecular flexibility index (Phi) is 4.67. The van der Waals surface area contributed by atoms with E-state index in [0.717, 1.165) is 0 Å². The van der Waals surface area contributed by atoms with Crippen molar-refractivity contribution in [2.75, 3.05) is 0 Å². The van der Waals surface area contributed by atoms with Gasteiger partial charge in [-0.15, -0.1) is 5.10 Å². The van der Waals surface area contributed by atoms with Crippen molar-refractivity contribution in [1.82, 2.24) is 20.3 Å². The highest BCUT2D eigenvalue weighted by Crippen LogP contribution is 2.33. The molecule has 1 aromatic heterocycles. The van der Waals surface area contributed by atoms with Gasteiger partial charge in [0.1, 0.15) is 5.52 Å². The molecule has 0 aliphatic carbocycles. The monoisotopic (exact) mass is 382 g/mol. The van der Waals surface area contributed by atoms with Gasteiger partial charge in [0, 0.05) is 10.6 Å². The van der Waals surface area contributed by atoms with Gasteiger partial charge in [-0.25, -0.2) is 4.68 Å². The molecule has 0 unspecified atom stereocenters. The van der Waals surface area contributed by atoms with Crippen molar-refractivity contribution in [2.24, 2.45) is 0 Å². The van der Waals surface area contributed by atoms with Crippen LogP contribution in [0.1, 0.15) is 23.4 Å². The molecule has 0 bridgehead atoms. The summed E-state index contributed by atoms with van der Waals surface area (Å²) in [5.41, 5.74) is 1.83. The minimum Gasteiger partial charge on any atom is -0.328 e. The van der Waals surface area contributed by atoms with Crippen molar-refractivity contribution in [3.05, 3.63) is 59.1 Å². The van der Waals surface area contributed by atoms with Gasteiger partial charge in [0.25, 0.3) is 5.91 Å². The molecule has 0 saturated heterocycles. The summed E-state index contributed by atoms with van der Waals surface area (Å²) in [6.45, 7) is 1.58. The van der Waals surface area contributed by atoms with Gasteiger partial charge in [0.15, 0.2) is 10.5 Å². The Labute approximate surface area is 153 Å². The Morgan fingerprint density at radius 1 is 1.17 bits per heavy atom. The molecule has 3 rings (SSSR count). The number of halogens is 3. The molecule has 1 atom stereocenters. The van der Waals surface area contributed by atoms with Gasteiger partial charge in [-0.3, -0.25) is 4.79 Å². The Morgan fingerprint density at radius 2 is 1.83 bits per heavy atom. The number of alkyl halides is 2. The number of para-hydroxylation sites is 1. The number of nitrogens with zero attached hydrogens (tertiary/aromatic N) is 3. The molecule has 5 nitrogen and oxygen atoms in total. The number of fused-ring (bicyclic) bond motifs is 1. The number of hydrogen-bond donors (Lipinski definition) is 1. The predicted molar refractivity (Wildman–Crippen MR) is 95.6 cm³/mol. The standard InChI is InChI=1S/C16H13Cl3N4O/c1-16(18,19)15(20-14(24)10-6-8-11(17)9-7-10)23-13-5-3-2-4-12(13)21-22-23/h2-9,15H,1H3,(H,20,24)/t15-/m1/s1. The van der Waals surface area contributed by atoms with Crippen LogP contribution in [0.25, 0.3) is 11.0 Å². The van der Waals surface area contributed by atoms with Gasteiger partial charge >= 0.3 is 0 Å². The van der Waals surface area contributed by atoms with Crippen LogP contribution in [0.5, 0.6) is 0 Å². The molecular formula is C16H13Cl3N4O. The molecule has 124 valence electrons. The zero-order chi connectivity index (χ0) is 17.3. The molecule has 0 radical (unpaired) electrons. The van der Waals surface area contributed by atoms with E-state index < -0.39 is 10.5 Å². The maximum atomic E-state index is 12.5. The fourth-order valence-electron chi connectivity index (χ4n) is 2.29. The number of benzene rings is 2. The normalized spacial score (nSPS) is 13.0. The lowest BCUT2D eigenvalue weighted by atomic mass is 10.2. The fourth-order valence-corrected chi connectivity index (χ4v) is 2.71. The van der Waals surface area contributed by atoms with Gasteiger partial charge < -0.3 is 5.32 Å². The van der Waals surface area contributed by atoms with Crippen molar-refractivity contribution in [3.8, 4) is 0 Å². The summed E-state index contributed by atoms with van der Waals surface area (Å²) >= 11 is 18.4. The van der Waals surface area contributed by atoms with Crippen LogP contribution in [-0.2, 0) is 0 Å². The average molecular weight is 384 g/mol. The molecule has 24 heavy (non-hydrogen) atoms. The van der Waals surface area contributed by atoms with Crippen LogP contribution in [-0.4, -0.2) is 25.2 Å². The molecule has 1 amide bonds. The number of rotatable bonds is 4. The Bertz CT molecular complexity index is 871. The van der Waals surface area contributed by atoms with E-state index in [2.05, 4.69) is 15.6 Å². The summed E-state index contributed by atoms with van der Waals surface area (Å²) in [5.74, 6) is -0.344. The Balaban J connectivity index is 1.96. The molecule has 8 heteroatoms. The maximum absolute atomic E-state index is 12.5. The molecule has 0 saturated carbocycles. The van der Waals surface area contributed by atoms with Gasteiger partial charge in [-0.05, 0) is 43.3 Å². The first-order chi connectivity index (χ1) is 11.4. The molecular weight excluding hydrogens is 371 g/mol. The third kappa shape index (κ3) is 3.48. The van der Waals surface area contributed by atoms with E-state index in [1.165, 1.54) is 4.68 Å². The van der Waals surface area contributed by atoms with Crippen LogP contribution < -0.4 is 5.32 Å². The number of nitrogens with one attached hydrogen (secondary N) is 1. The lowest BCUT2D eigenvalue weighted by molar-refractivity contribution is 0.0911. The molecule has 1 heterocycles. The first kappa shape index (κ1) is 17.0. The van der Waals surface area contributed by atoms with E-state index in [-0.39, 0.29) is 5.91 Å². The van der Waals surface area contributed by atoms with Crippen LogP contribution in [0, 0.1) is 0 Å². The average Bonchev–Trinajstić information content (AvgIpc) is 2.95. The fraction of sp³-hybridized carbons (Fsp3) is 0.188. The minimum absolute atomic E-state index is 0.344. The first-order valence-corrected chi connectivity index (χ1v) is 8.24. The van der Waals surface area contributed by atoms with Crippen molar-refractivity contribution in [1.29, 1.82) is 0 Å². The molecule has 0 aliphatic rings. The maximum Gasteiger partial charge on any atom is 0.253 e. The summed E-state index contributed by atoms with van der Waals surface area (Å²) in [6.07, 6.45) is -0.809. The highest BCUT2D eigenvalue weighted by atomic mass is 35.5. The number of carbonyl (C=O) groups excluding carboxylic acids is 1. The van der Waals surface area contributed by atoms with Gasteiger partial charge in [-0.2, -0.15) is 0 Å². The second-order valence-electron chi connectivity index (χ2n) is 5.36. The quantitative estimate of drug-likeness (QED) is 0.687. The van der Waals surface area contributed by atoms with Crippen LogP contribution in [0.2, 0.25) is 5.02 Å². The largest absolute Gasteiger partial charge is 0.328 e. The number of aromatic nitrogens is 3. The lowest BCUT2D eigenvalue weighted by Gasteiger charge is -2.27. The van der Waals surface area contributed by atoms with Crippen molar-refractivity contribution in [3.63, 3.8) is 0 Å². The zero-order valence-corrected chi connectivity index (χ0v) is 14.8. The molecule has 0 spiro atoms. The van der Waals surface area contributed by atoms with Crippen LogP contribution in [0.3, 0.4) is 0 Å². The van der Waals surface area contributed by atoms with Crippen LogP contribution >= 0.6 is 34.8 Å². The molecule has 2 aromatic carbocycles. The minimum atomic E-state index is -1.31. The lowest BCUT2D eigenvalue weighted by Crippen LogP contribution is -2.42. The van der Waals surface area contributed by atoms with Gasteiger partial charge in [0.2, 0.25) is 0 Å². The third-order valence-electron chi connectivity index (χ3n) is 3.48. The smallest absolute Gasteiger partial charge is 0.253 e. The molecule has 0 fully saturated rings. The van der Waals surface area contributed by atoms with E-state index in [4.69, 9.17) is 34.8 Å². The summed E-state index contributed by atoms with van der Waals surface area (Å²) in [4.78, 5) is 12.5. The third-order valence-corrected chi connectivity index (χ3v) is 4.14. The second-order valence-corrected chi connectivity index (χ2v) is 7.56. The van der Waals surface area contributed by atoms with E-state index in [1.54, 1.807) is 31.2 Å². The molecule has 1 N–H and O–H groups in total. The van der Waals surface area contributed by atoms with Crippen LogP contribution in [0.4, 0.5) is 0 Å². The molecule has 0 aliphatic heterocycles. The number of amides is 1. The van der Waals surface area contributed by atoms with Gasteiger partial charge in [-0.1, -0.05) is 52.1 Å². The SMILES string of the molecule is CC(Cl)(Cl)[C@H](NC(=O)c1ccc(Cl)cc1)n1nnc2ccccc21. The highest BCUT2D eigenvalue weighted by Gasteiger charge is 2.35. The zero-order valence-electron chi connectivity index (χ0n) is 12.6. The van der Waals surface area contributed by atoms with Gasteiger partial charge in [0.05, 0.1) is 5.52 Å². The Hall–Kier alpha value is -1.82. The summed E-state index contributed by atoms with van der Waals surface area (Å²) in [6, 6.07) is 13.9. The molecule has 3 aromatic rings. The number of carbonyl (C=O) groups is 1. The van der Waals surface area contributed by atoms with Crippen molar-refractivity contribution < 1.29 is 4.79 Å². The van der Waals surface area contributed by atoms with Crippen molar-refractivity contribution in [2.45, 2.75) is 17.4 Å². The first-order valence-electron chi connectivity index (χ1n) is 7.10. The summed E-state index contributed by atoms with van der Waals surface area (Å²) < 4.78 is 0.196. The summed E-state index contributed by atoms with van der Waals surface area (Å²) in [7, 11) is 0. The van der Waals surface area contributed by atoms with Crippen LogP contribution in [0.15, 0.2) is 48.5 Å².